The lowest BCUT2D eigenvalue weighted by Gasteiger charge is -2.14. The topological polar surface area (TPSA) is 21.3 Å². The molecule has 1 saturated carbocycles. The van der Waals surface area contributed by atoms with Crippen molar-refractivity contribution in [3.05, 3.63) is 65.2 Å². The summed E-state index contributed by atoms with van der Waals surface area (Å²) in [6.07, 6.45) is 2.62. The SMILES string of the molecule is Cc1cccc(CNC2CC2)c1OCc1ccccc1. The van der Waals surface area contributed by atoms with Crippen LogP contribution in [-0.4, -0.2) is 6.04 Å². The summed E-state index contributed by atoms with van der Waals surface area (Å²) in [5, 5.41) is 3.56. The van der Waals surface area contributed by atoms with Gasteiger partial charge in [0.2, 0.25) is 0 Å². The maximum absolute atomic E-state index is 6.07. The molecule has 0 aliphatic heterocycles. The van der Waals surface area contributed by atoms with E-state index < -0.39 is 0 Å². The highest BCUT2D eigenvalue weighted by molar-refractivity contribution is 5.41. The Labute approximate surface area is 120 Å². The number of ether oxygens (including phenoxy) is 1. The maximum atomic E-state index is 6.07. The van der Waals surface area contributed by atoms with Gasteiger partial charge in [0.25, 0.3) is 0 Å². The molecule has 0 unspecified atom stereocenters. The van der Waals surface area contributed by atoms with E-state index in [9.17, 15) is 0 Å². The summed E-state index contributed by atoms with van der Waals surface area (Å²) < 4.78 is 6.07. The lowest BCUT2D eigenvalue weighted by atomic mass is 10.1. The van der Waals surface area contributed by atoms with Crippen LogP contribution >= 0.6 is 0 Å². The van der Waals surface area contributed by atoms with Gasteiger partial charge in [0.15, 0.2) is 0 Å². The quantitative estimate of drug-likeness (QED) is 0.859. The van der Waals surface area contributed by atoms with E-state index in [0.29, 0.717) is 6.61 Å². The van der Waals surface area contributed by atoms with Crippen molar-refractivity contribution >= 4 is 0 Å². The van der Waals surface area contributed by atoms with Crippen LogP contribution in [0.3, 0.4) is 0 Å². The number of hydrogen-bond acceptors (Lipinski definition) is 2. The van der Waals surface area contributed by atoms with Gasteiger partial charge < -0.3 is 10.1 Å². The van der Waals surface area contributed by atoms with Crippen molar-refractivity contribution in [1.29, 1.82) is 0 Å². The lowest BCUT2D eigenvalue weighted by molar-refractivity contribution is 0.300. The van der Waals surface area contributed by atoms with E-state index in [1.54, 1.807) is 0 Å². The Morgan fingerprint density at radius 1 is 1.05 bits per heavy atom. The predicted molar refractivity (Wildman–Crippen MR) is 81.8 cm³/mol. The van der Waals surface area contributed by atoms with Crippen LogP contribution in [-0.2, 0) is 13.2 Å². The molecular weight excluding hydrogens is 246 g/mol. The van der Waals surface area contributed by atoms with Crippen molar-refractivity contribution in [2.24, 2.45) is 0 Å². The van der Waals surface area contributed by atoms with Gasteiger partial charge >= 0.3 is 0 Å². The van der Waals surface area contributed by atoms with E-state index in [1.165, 1.54) is 29.5 Å². The van der Waals surface area contributed by atoms with Crippen molar-refractivity contribution in [3.63, 3.8) is 0 Å². The molecular formula is C18H21NO. The van der Waals surface area contributed by atoms with E-state index in [1.807, 2.05) is 18.2 Å². The summed E-state index contributed by atoms with van der Waals surface area (Å²) in [5.41, 5.74) is 3.67. The molecule has 2 aromatic rings. The highest BCUT2D eigenvalue weighted by atomic mass is 16.5. The molecule has 2 aromatic carbocycles. The van der Waals surface area contributed by atoms with Gasteiger partial charge in [-0.1, -0.05) is 48.5 Å². The summed E-state index contributed by atoms with van der Waals surface area (Å²) in [6.45, 7) is 3.64. The molecule has 1 N–H and O–H groups in total. The minimum absolute atomic E-state index is 0.627. The first-order valence-electron chi connectivity index (χ1n) is 7.31. The fraction of sp³-hybridized carbons (Fsp3) is 0.333. The van der Waals surface area contributed by atoms with Crippen LogP contribution in [0, 0.1) is 6.92 Å². The first-order chi connectivity index (χ1) is 9.83. The molecule has 0 heterocycles. The summed E-state index contributed by atoms with van der Waals surface area (Å²) in [4.78, 5) is 0. The Hall–Kier alpha value is -1.80. The number of benzene rings is 2. The smallest absolute Gasteiger partial charge is 0.127 e. The zero-order valence-corrected chi connectivity index (χ0v) is 11.9. The minimum Gasteiger partial charge on any atom is -0.488 e. The fourth-order valence-corrected chi connectivity index (χ4v) is 2.33. The monoisotopic (exact) mass is 267 g/mol. The van der Waals surface area contributed by atoms with Crippen molar-refractivity contribution in [2.75, 3.05) is 0 Å². The van der Waals surface area contributed by atoms with E-state index in [-0.39, 0.29) is 0 Å². The van der Waals surface area contributed by atoms with Crippen LogP contribution in [0.2, 0.25) is 0 Å². The van der Waals surface area contributed by atoms with Gasteiger partial charge in [0.05, 0.1) is 0 Å². The molecule has 0 saturated heterocycles. The van der Waals surface area contributed by atoms with Gasteiger partial charge in [-0.25, -0.2) is 0 Å². The normalized spacial score (nSPS) is 14.2. The minimum atomic E-state index is 0.627. The molecule has 0 aromatic heterocycles. The molecule has 1 fully saturated rings. The highest BCUT2D eigenvalue weighted by Crippen LogP contribution is 2.26. The van der Waals surface area contributed by atoms with Gasteiger partial charge in [0, 0.05) is 18.2 Å². The van der Waals surface area contributed by atoms with Crippen LogP contribution < -0.4 is 10.1 Å². The molecule has 0 amide bonds. The molecule has 2 nitrogen and oxygen atoms in total. The number of para-hydroxylation sites is 1. The average molecular weight is 267 g/mol. The number of rotatable bonds is 6. The third-order valence-electron chi connectivity index (χ3n) is 3.68. The van der Waals surface area contributed by atoms with Gasteiger partial charge in [-0.15, -0.1) is 0 Å². The Balaban J connectivity index is 1.69. The molecule has 0 spiro atoms. The van der Waals surface area contributed by atoms with Gasteiger partial charge in [-0.3, -0.25) is 0 Å². The zero-order valence-electron chi connectivity index (χ0n) is 11.9. The maximum Gasteiger partial charge on any atom is 0.127 e. The largest absolute Gasteiger partial charge is 0.488 e. The van der Waals surface area contributed by atoms with Crippen molar-refractivity contribution in [1.82, 2.24) is 5.32 Å². The van der Waals surface area contributed by atoms with Crippen LogP contribution in [0.15, 0.2) is 48.5 Å². The Kier molecular flexibility index (Phi) is 4.03. The number of hydrogen-bond donors (Lipinski definition) is 1. The first kappa shape index (κ1) is 13.2. The molecule has 0 radical (unpaired) electrons. The number of nitrogens with one attached hydrogen (secondary N) is 1. The van der Waals surface area contributed by atoms with Gasteiger partial charge in [0.1, 0.15) is 12.4 Å². The Bertz CT molecular complexity index is 561. The third kappa shape index (κ3) is 3.40. The second kappa shape index (κ2) is 6.10. The van der Waals surface area contributed by atoms with Crippen molar-refractivity contribution in [2.45, 2.75) is 39.0 Å². The second-order valence-electron chi connectivity index (χ2n) is 5.49. The summed E-state index contributed by atoms with van der Waals surface area (Å²) in [7, 11) is 0. The van der Waals surface area contributed by atoms with Crippen molar-refractivity contribution in [3.8, 4) is 5.75 Å². The highest BCUT2D eigenvalue weighted by Gasteiger charge is 2.20. The molecule has 2 heteroatoms. The summed E-state index contributed by atoms with van der Waals surface area (Å²) in [5.74, 6) is 1.03. The van der Waals surface area contributed by atoms with E-state index in [2.05, 4.69) is 42.6 Å². The van der Waals surface area contributed by atoms with Crippen LogP contribution in [0.4, 0.5) is 0 Å². The van der Waals surface area contributed by atoms with Crippen LogP contribution in [0.5, 0.6) is 5.75 Å². The van der Waals surface area contributed by atoms with E-state index in [4.69, 9.17) is 4.74 Å². The van der Waals surface area contributed by atoms with Crippen molar-refractivity contribution < 1.29 is 4.74 Å². The molecule has 1 aliphatic carbocycles. The second-order valence-corrected chi connectivity index (χ2v) is 5.49. The van der Waals surface area contributed by atoms with E-state index in [0.717, 1.165) is 18.3 Å². The molecule has 104 valence electrons. The van der Waals surface area contributed by atoms with Crippen LogP contribution in [0.1, 0.15) is 29.5 Å². The Morgan fingerprint density at radius 3 is 2.60 bits per heavy atom. The molecule has 1 aliphatic rings. The third-order valence-corrected chi connectivity index (χ3v) is 3.68. The Morgan fingerprint density at radius 2 is 1.85 bits per heavy atom. The standard InChI is InChI=1S/C18H21NO/c1-14-6-5-9-16(12-19-17-10-11-17)18(14)20-13-15-7-3-2-4-8-15/h2-9,17,19H,10-13H2,1H3. The molecule has 3 rings (SSSR count). The fourth-order valence-electron chi connectivity index (χ4n) is 2.33. The number of aryl methyl sites for hydroxylation is 1. The van der Waals surface area contributed by atoms with Crippen LogP contribution in [0.25, 0.3) is 0 Å². The molecule has 0 bridgehead atoms. The summed E-state index contributed by atoms with van der Waals surface area (Å²) in [6, 6.07) is 17.4. The zero-order chi connectivity index (χ0) is 13.8. The van der Waals surface area contributed by atoms with Gasteiger partial charge in [-0.05, 0) is 30.9 Å². The first-order valence-corrected chi connectivity index (χ1v) is 7.31. The molecule has 20 heavy (non-hydrogen) atoms. The predicted octanol–water partition coefficient (Wildman–Crippen LogP) is 3.83. The van der Waals surface area contributed by atoms with Gasteiger partial charge in [-0.2, -0.15) is 0 Å². The summed E-state index contributed by atoms with van der Waals surface area (Å²) >= 11 is 0. The average Bonchev–Trinajstić information content (AvgIpc) is 3.29. The lowest BCUT2D eigenvalue weighted by Crippen LogP contribution is -2.16. The molecule has 0 atom stereocenters. The van der Waals surface area contributed by atoms with E-state index >= 15 is 0 Å².